The van der Waals surface area contributed by atoms with Crippen molar-refractivity contribution >= 4 is 13.5 Å². The molecule has 0 aliphatic heterocycles. The molecule has 12 heteroatoms. The summed E-state index contributed by atoms with van der Waals surface area (Å²) >= 11 is 0. The molecule has 0 spiro atoms. The second-order valence-electron chi connectivity index (χ2n) is 3.50. The molecule has 0 aliphatic rings. The van der Waals surface area contributed by atoms with Gasteiger partial charge in [-0.1, -0.05) is 0 Å². The lowest BCUT2D eigenvalue weighted by molar-refractivity contribution is -0.165. The van der Waals surface area contributed by atoms with Crippen molar-refractivity contribution < 1.29 is 44.7 Å². The molecular weight excluding hydrogens is 319 g/mol. The molecule has 0 bridgehead atoms. The van der Waals surface area contributed by atoms with E-state index < -0.39 is 45.2 Å². The Morgan fingerprint density at radius 3 is 1.75 bits per heavy atom. The molecule has 0 saturated carbocycles. The molecule has 0 rings (SSSR count). The molecule has 0 aliphatic carbocycles. The van der Waals surface area contributed by atoms with Crippen LogP contribution in [-0.2, 0) is 18.4 Å². The number of hydrogen-bond acceptors (Lipinski definition) is 4. The number of hydrogen-bond donors (Lipinski definition) is 1. The van der Waals surface area contributed by atoms with Crippen molar-refractivity contribution in [2.24, 2.45) is 0 Å². The summed E-state index contributed by atoms with van der Waals surface area (Å²) in [5.41, 5.74) is 0. The Kier molecular flexibility index (Phi) is 6.99. The van der Waals surface area contributed by atoms with Crippen LogP contribution in [0.5, 0.6) is 0 Å². The van der Waals surface area contributed by atoms with Crippen molar-refractivity contribution in [3.63, 3.8) is 0 Å². The van der Waals surface area contributed by atoms with Crippen LogP contribution in [0.1, 0.15) is 6.92 Å². The number of carbonyl (C=O) groups is 1. The van der Waals surface area contributed by atoms with Gasteiger partial charge in [-0.2, -0.15) is 26.3 Å². The van der Waals surface area contributed by atoms with Gasteiger partial charge in [-0.25, -0.2) is 0 Å². The van der Waals surface area contributed by atoms with Crippen LogP contribution in [0.3, 0.4) is 0 Å². The van der Waals surface area contributed by atoms with Gasteiger partial charge in [-0.05, 0) is 6.92 Å². The minimum absolute atomic E-state index is 0.0530. The molecular formula is C8H12F6NO4P. The molecule has 0 aromatic carbocycles. The topological polar surface area (TPSA) is 64.6 Å². The Balaban J connectivity index is 4.75. The largest absolute Gasteiger partial charge is 0.412 e. The maximum Gasteiger partial charge on any atom is 0.412 e. The summed E-state index contributed by atoms with van der Waals surface area (Å²) < 4.78 is 90.9. The van der Waals surface area contributed by atoms with E-state index in [1.54, 1.807) is 0 Å². The Bertz CT molecular complexity index is 347. The lowest BCUT2D eigenvalue weighted by Gasteiger charge is -2.19. The molecule has 0 heterocycles. The molecule has 0 unspecified atom stereocenters. The Labute approximate surface area is 110 Å². The van der Waals surface area contributed by atoms with E-state index in [4.69, 9.17) is 0 Å². The molecule has 0 fully saturated rings. The average Bonchev–Trinajstić information content (AvgIpc) is 2.22. The van der Waals surface area contributed by atoms with Gasteiger partial charge in [0.1, 0.15) is 6.16 Å². The van der Waals surface area contributed by atoms with E-state index in [2.05, 4.69) is 14.4 Å². The van der Waals surface area contributed by atoms with Crippen molar-refractivity contribution in [3.05, 3.63) is 0 Å². The number of carbonyl (C=O) groups excluding carboxylic acids is 1. The third-order valence-corrected chi connectivity index (χ3v) is 3.28. The average molecular weight is 331 g/mol. The van der Waals surface area contributed by atoms with E-state index in [9.17, 15) is 35.7 Å². The van der Waals surface area contributed by atoms with Gasteiger partial charge in [0.15, 0.2) is 13.2 Å². The van der Waals surface area contributed by atoms with E-state index in [0.717, 1.165) is 0 Å². The van der Waals surface area contributed by atoms with Crippen LogP contribution in [0.15, 0.2) is 0 Å². The van der Waals surface area contributed by atoms with E-state index in [1.807, 2.05) is 0 Å². The third-order valence-electron chi connectivity index (χ3n) is 1.56. The molecule has 0 aromatic heterocycles. The number of halogens is 6. The molecule has 1 N–H and O–H groups in total. The molecule has 0 radical (unpaired) electrons. The van der Waals surface area contributed by atoms with Gasteiger partial charge >= 0.3 is 19.9 Å². The first-order chi connectivity index (χ1) is 8.87. The molecule has 120 valence electrons. The highest BCUT2D eigenvalue weighted by atomic mass is 31.2. The van der Waals surface area contributed by atoms with E-state index in [-0.39, 0.29) is 6.54 Å². The number of alkyl halides is 6. The van der Waals surface area contributed by atoms with Gasteiger partial charge in [-0.3, -0.25) is 18.4 Å². The molecule has 0 aromatic rings. The monoisotopic (exact) mass is 331 g/mol. The van der Waals surface area contributed by atoms with Crippen LogP contribution >= 0.6 is 7.60 Å². The van der Waals surface area contributed by atoms with Gasteiger partial charge in [0.05, 0.1) is 0 Å². The highest BCUT2D eigenvalue weighted by Crippen LogP contribution is 2.49. The number of nitrogens with one attached hydrogen (secondary N) is 1. The van der Waals surface area contributed by atoms with Gasteiger partial charge in [0, 0.05) is 6.54 Å². The molecule has 0 saturated heterocycles. The van der Waals surface area contributed by atoms with E-state index in [0.29, 0.717) is 0 Å². The Morgan fingerprint density at radius 1 is 1.05 bits per heavy atom. The summed E-state index contributed by atoms with van der Waals surface area (Å²) in [7, 11) is -4.85. The molecule has 1 amide bonds. The molecule has 20 heavy (non-hydrogen) atoms. The minimum atomic E-state index is -4.92. The Morgan fingerprint density at radius 2 is 1.45 bits per heavy atom. The fourth-order valence-electron chi connectivity index (χ4n) is 0.901. The number of rotatable bonds is 7. The highest BCUT2D eigenvalue weighted by Gasteiger charge is 2.39. The maximum atomic E-state index is 11.9. The van der Waals surface area contributed by atoms with Crippen molar-refractivity contribution in [2.45, 2.75) is 19.3 Å². The van der Waals surface area contributed by atoms with E-state index >= 15 is 0 Å². The van der Waals surface area contributed by atoms with Gasteiger partial charge in [0.25, 0.3) is 0 Å². The summed E-state index contributed by atoms with van der Waals surface area (Å²) in [6, 6.07) is 0. The van der Waals surface area contributed by atoms with Gasteiger partial charge in [-0.15, -0.1) is 0 Å². The van der Waals surface area contributed by atoms with Gasteiger partial charge in [0.2, 0.25) is 5.91 Å². The zero-order chi connectivity index (χ0) is 16.0. The summed E-state index contributed by atoms with van der Waals surface area (Å²) in [5, 5.41) is 2.06. The molecule has 5 nitrogen and oxygen atoms in total. The zero-order valence-electron chi connectivity index (χ0n) is 10.2. The van der Waals surface area contributed by atoms with Crippen LogP contribution in [0.2, 0.25) is 0 Å². The summed E-state index contributed by atoms with van der Waals surface area (Å²) in [6.07, 6.45) is -11.1. The van der Waals surface area contributed by atoms with Crippen molar-refractivity contribution in [2.75, 3.05) is 25.9 Å². The third kappa shape index (κ3) is 10.0. The van der Waals surface area contributed by atoms with Crippen molar-refractivity contribution in [1.82, 2.24) is 5.32 Å². The van der Waals surface area contributed by atoms with Crippen LogP contribution < -0.4 is 5.32 Å². The first-order valence-electron chi connectivity index (χ1n) is 5.15. The van der Waals surface area contributed by atoms with Crippen LogP contribution in [0.25, 0.3) is 0 Å². The van der Waals surface area contributed by atoms with Crippen LogP contribution in [0.4, 0.5) is 26.3 Å². The fraction of sp³-hybridized carbons (Fsp3) is 0.875. The first kappa shape index (κ1) is 19.2. The van der Waals surface area contributed by atoms with Crippen LogP contribution in [0, 0.1) is 0 Å². The fourth-order valence-corrected chi connectivity index (χ4v) is 2.31. The first-order valence-corrected chi connectivity index (χ1v) is 6.88. The van der Waals surface area contributed by atoms with E-state index in [1.165, 1.54) is 6.92 Å². The predicted molar refractivity (Wildman–Crippen MR) is 55.2 cm³/mol. The summed E-state index contributed by atoms with van der Waals surface area (Å²) in [6.45, 7) is -2.66. The van der Waals surface area contributed by atoms with Crippen LogP contribution in [-0.4, -0.2) is 44.2 Å². The standard InChI is InChI=1S/C8H12F6NO4P/c1-2-15-6(16)3-20(17,18-4-7(9,10)11)19-5-8(12,13)14/h2-5H2,1H3,(H,15,16). The number of amides is 1. The second-order valence-corrected chi connectivity index (χ2v) is 5.55. The summed E-state index contributed by atoms with van der Waals surface area (Å²) in [5.74, 6) is -1.04. The normalized spacial score (nSPS) is 13.3. The quantitative estimate of drug-likeness (QED) is 0.575. The predicted octanol–water partition coefficient (Wildman–Crippen LogP) is 2.47. The zero-order valence-corrected chi connectivity index (χ0v) is 11.1. The highest BCUT2D eigenvalue weighted by molar-refractivity contribution is 7.54. The van der Waals surface area contributed by atoms with Crippen molar-refractivity contribution in [1.29, 1.82) is 0 Å². The lowest BCUT2D eigenvalue weighted by atomic mass is 10.6. The maximum absolute atomic E-state index is 11.9. The SMILES string of the molecule is CCNC(=O)CP(=O)(OCC(F)(F)F)OCC(F)(F)F. The molecule has 0 atom stereocenters. The summed E-state index contributed by atoms with van der Waals surface area (Å²) in [4.78, 5) is 11.1. The second kappa shape index (κ2) is 7.28. The van der Waals surface area contributed by atoms with Gasteiger partial charge < -0.3 is 5.32 Å². The van der Waals surface area contributed by atoms with Crippen molar-refractivity contribution in [3.8, 4) is 0 Å². The lowest BCUT2D eigenvalue weighted by Crippen LogP contribution is -2.28. The minimum Gasteiger partial charge on any atom is -0.356 e. The smallest absolute Gasteiger partial charge is 0.356 e. The Hall–Kier alpha value is -0.800.